The molecule has 0 atom stereocenters. The predicted molar refractivity (Wildman–Crippen MR) is 101 cm³/mol. The summed E-state index contributed by atoms with van der Waals surface area (Å²) in [6.45, 7) is 0.342. The van der Waals surface area contributed by atoms with E-state index in [1.54, 1.807) is 49.8 Å². The van der Waals surface area contributed by atoms with Crippen LogP contribution < -0.4 is 15.4 Å². The van der Waals surface area contributed by atoms with E-state index in [1.165, 1.54) is 18.5 Å². The van der Waals surface area contributed by atoms with Crippen molar-refractivity contribution >= 4 is 17.5 Å². The van der Waals surface area contributed by atoms with E-state index < -0.39 is 0 Å². The molecule has 0 aliphatic rings. The molecule has 0 radical (unpaired) electrons. The molecule has 0 unspecified atom stereocenters. The fraction of sp³-hybridized carbons (Fsp3) is 0.100. The number of aromatic nitrogens is 2. The molecular weight excluding hydrogens is 344 g/mol. The van der Waals surface area contributed by atoms with E-state index in [-0.39, 0.29) is 11.8 Å². The van der Waals surface area contributed by atoms with Gasteiger partial charge in [-0.05, 0) is 42.0 Å². The van der Waals surface area contributed by atoms with Gasteiger partial charge < -0.3 is 15.4 Å². The maximum atomic E-state index is 12.4. The van der Waals surface area contributed by atoms with Gasteiger partial charge in [0.25, 0.3) is 11.8 Å². The van der Waals surface area contributed by atoms with Crippen molar-refractivity contribution in [2.45, 2.75) is 6.54 Å². The Balaban J connectivity index is 1.64. The van der Waals surface area contributed by atoms with Crippen molar-refractivity contribution in [3.63, 3.8) is 0 Å². The average molecular weight is 362 g/mol. The van der Waals surface area contributed by atoms with Gasteiger partial charge in [-0.1, -0.05) is 6.07 Å². The van der Waals surface area contributed by atoms with E-state index in [1.807, 2.05) is 6.07 Å². The summed E-state index contributed by atoms with van der Waals surface area (Å²) in [5, 5.41) is 5.54. The minimum absolute atomic E-state index is 0.292. The van der Waals surface area contributed by atoms with Gasteiger partial charge in [-0.25, -0.2) is 0 Å². The Bertz CT molecular complexity index is 927. The Morgan fingerprint density at radius 3 is 2.37 bits per heavy atom. The van der Waals surface area contributed by atoms with Crippen LogP contribution in [0.25, 0.3) is 0 Å². The van der Waals surface area contributed by atoms with Crippen LogP contribution in [0.1, 0.15) is 26.3 Å². The Kier molecular flexibility index (Phi) is 5.73. The van der Waals surface area contributed by atoms with E-state index >= 15 is 0 Å². The maximum absolute atomic E-state index is 12.4. The molecule has 0 aliphatic carbocycles. The van der Waals surface area contributed by atoms with Gasteiger partial charge in [-0.3, -0.25) is 19.6 Å². The summed E-state index contributed by atoms with van der Waals surface area (Å²) in [5.74, 6) is 0.0296. The summed E-state index contributed by atoms with van der Waals surface area (Å²) in [6.07, 6.45) is 6.18. The van der Waals surface area contributed by atoms with E-state index in [9.17, 15) is 9.59 Å². The third-order valence-electron chi connectivity index (χ3n) is 3.79. The highest BCUT2D eigenvalue weighted by Crippen LogP contribution is 2.16. The molecule has 3 aromatic rings. The van der Waals surface area contributed by atoms with Crippen molar-refractivity contribution in [2.24, 2.45) is 0 Å². The minimum Gasteiger partial charge on any atom is -0.497 e. The van der Waals surface area contributed by atoms with E-state index in [0.717, 1.165) is 5.56 Å². The minimum atomic E-state index is -0.352. The van der Waals surface area contributed by atoms with Crippen LogP contribution in [0.15, 0.2) is 67.3 Å². The predicted octanol–water partition coefficient (Wildman–Crippen LogP) is 2.67. The van der Waals surface area contributed by atoms with Crippen LogP contribution in [0.2, 0.25) is 0 Å². The molecule has 2 amide bonds. The zero-order chi connectivity index (χ0) is 19.1. The Labute approximate surface area is 156 Å². The quantitative estimate of drug-likeness (QED) is 0.703. The topological polar surface area (TPSA) is 93.2 Å². The standard InChI is InChI=1S/C20H18N4O3/c1-27-18-6-4-17(5-7-18)24-20(26)16-9-15(12-22-13-16)19(25)23-11-14-3-2-8-21-10-14/h2-10,12-13H,11H2,1H3,(H,23,25)(H,24,26). The van der Waals surface area contributed by atoms with Gasteiger partial charge in [-0.2, -0.15) is 0 Å². The average Bonchev–Trinajstić information content (AvgIpc) is 2.73. The van der Waals surface area contributed by atoms with Gasteiger partial charge >= 0.3 is 0 Å². The fourth-order valence-electron chi connectivity index (χ4n) is 2.35. The summed E-state index contributed by atoms with van der Waals surface area (Å²) in [7, 11) is 1.57. The third kappa shape index (κ3) is 4.88. The van der Waals surface area contributed by atoms with Crippen LogP contribution in [0.5, 0.6) is 5.75 Å². The SMILES string of the molecule is COc1ccc(NC(=O)c2cncc(C(=O)NCc3cccnc3)c2)cc1. The first-order chi connectivity index (χ1) is 13.2. The lowest BCUT2D eigenvalue weighted by Gasteiger charge is -2.08. The van der Waals surface area contributed by atoms with Crippen LogP contribution in [-0.4, -0.2) is 28.9 Å². The third-order valence-corrected chi connectivity index (χ3v) is 3.79. The van der Waals surface area contributed by atoms with Crippen molar-refractivity contribution in [3.8, 4) is 5.75 Å². The summed E-state index contributed by atoms with van der Waals surface area (Å²) in [6, 6.07) is 12.1. The first kappa shape index (κ1) is 18.1. The van der Waals surface area contributed by atoms with Crippen LogP contribution in [0.3, 0.4) is 0 Å². The van der Waals surface area contributed by atoms with Gasteiger partial charge in [0.15, 0.2) is 0 Å². The van der Waals surface area contributed by atoms with Crippen molar-refractivity contribution in [2.75, 3.05) is 12.4 Å². The van der Waals surface area contributed by atoms with Crippen LogP contribution in [0, 0.1) is 0 Å². The number of rotatable bonds is 6. The second-order valence-corrected chi connectivity index (χ2v) is 5.69. The number of methoxy groups -OCH3 is 1. The molecule has 7 heteroatoms. The molecule has 0 saturated heterocycles. The maximum Gasteiger partial charge on any atom is 0.257 e. The zero-order valence-electron chi connectivity index (χ0n) is 14.7. The van der Waals surface area contributed by atoms with E-state index in [4.69, 9.17) is 4.74 Å². The number of anilines is 1. The number of benzene rings is 1. The fourth-order valence-corrected chi connectivity index (χ4v) is 2.35. The first-order valence-electron chi connectivity index (χ1n) is 8.23. The summed E-state index contributed by atoms with van der Waals surface area (Å²) < 4.78 is 5.08. The molecule has 2 aromatic heterocycles. The number of carbonyl (C=O) groups excluding carboxylic acids is 2. The molecule has 1 aromatic carbocycles. The normalized spacial score (nSPS) is 10.1. The van der Waals surface area contributed by atoms with Gasteiger partial charge in [-0.15, -0.1) is 0 Å². The molecule has 0 fully saturated rings. The lowest BCUT2D eigenvalue weighted by Crippen LogP contribution is -2.23. The van der Waals surface area contributed by atoms with Crippen molar-refractivity contribution in [1.82, 2.24) is 15.3 Å². The zero-order valence-corrected chi connectivity index (χ0v) is 14.7. The number of hydrogen-bond donors (Lipinski definition) is 2. The molecule has 0 aliphatic heterocycles. The Morgan fingerprint density at radius 1 is 0.963 bits per heavy atom. The second kappa shape index (κ2) is 8.57. The van der Waals surface area contributed by atoms with Crippen LogP contribution in [-0.2, 0) is 6.54 Å². The van der Waals surface area contributed by atoms with Crippen molar-refractivity contribution < 1.29 is 14.3 Å². The number of hydrogen-bond acceptors (Lipinski definition) is 5. The Hall–Kier alpha value is -3.74. The highest BCUT2D eigenvalue weighted by atomic mass is 16.5. The molecule has 2 N–H and O–H groups in total. The molecule has 0 bridgehead atoms. The smallest absolute Gasteiger partial charge is 0.257 e. The van der Waals surface area contributed by atoms with Gasteiger partial charge in [0.2, 0.25) is 0 Å². The van der Waals surface area contributed by atoms with Crippen molar-refractivity contribution in [1.29, 1.82) is 0 Å². The molecule has 0 spiro atoms. The largest absolute Gasteiger partial charge is 0.497 e. The molecular formula is C20H18N4O3. The molecule has 2 heterocycles. The number of nitrogens with zero attached hydrogens (tertiary/aromatic N) is 2. The summed E-state index contributed by atoms with van der Waals surface area (Å²) in [4.78, 5) is 32.7. The number of amides is 2. The monoisotopic (exact) mass is 362 g/mol. The summed E-state index contributed by atoms with van der Waals surface area (Å²) in [5.41, 5.74) is 2.10. The Morgan fingerprint density at radius 2 is 1.70 bits per heavy atom. The molecule has 0 saturated carbocycles. The van der Waals surface area contributed by atoms with Gasteiger partial charge in [0, 0.05) is 37.0 Å². The number of carbonyl (C=O) groups is 2. The molecule has 136 valence electrons. The molecule has 7 nitrogen and oxygen atoms in total. The highest BCUT2D eigenvalue weighted by Gasteiger charge is 2.12. The van der Waals surface area contributed by atoms with E-state index in [0.29, 0.717) is 29.1 Å². The number of ether oxygens (including phenoxy) is 1. The van der Waals surface area contributed by atoms with Crippen LogP contribution in [0.4, 0.5) is 5.69 Å². The highest BCUT2D eigenvalue weighted by molar-refractivity contribution is 6.05. The second-order valence-electron chi connectivity index (χ2n) is 5.69. The van der Waals surface area contributed by atoms with Gasteiger partial charge in [0.05, 0.1) is 18.2 Å². The lowest BCUT2D eigenvalue weighted by molar-refractivity contribution is 0.0950. The number of pyridine rings is 2. The van der Waals surface area contributed by atoms with Gasteiger partial charge in [0.1, 0.15) is 5.75 Å². The molecule has 27 heavy (non-hydrogen) atoms. The van der Waals surface area contributed by atoms with Crippen LogP contribution >= 0.6 is 0 Å². The first-order valence-corrected chi connectivity index (χ1v) is 8.23. The van der Waals surface area contributed by atoms with Crippen molar-refractivity contribution in [3.05, 3.63) is 83.9 Å². The molecule has 3 rings (SSSR count). The van der Waals surface area contributed by atoms with E-state index in [2.05, 4.69) is 20.6 Å². The summed E-state index contributed by atoms with van der Waals surface area (Å²) >= 11 is 0. The lowest BCUT2D eigenvalue weighted by atomic mass is 10.1. The number of nitrogens with one attached hydrogen (secondary N) is 2.